The van der Waals surface area contributed by atoms with Gasteiger partial charge in [0.05, 0.1) is 13.1 Å². The summed E-state index contributed by atoms with van der Waals surface area (Å²) < 4.78 is 5.61. The molecular formula is C14H24N2O3. The Morgan fingerprint density at radius 2 is 2.00 bits per heavy atom. The van der Waals surface area contributed by atoms with E-state index in [4.69, 9.17) is 10.5 Å². The average Bonchev–Trinajstić information content (AvgIpc) is 2.61. The van der Waals surface area contributed by atoms with Gasteiger partial charge in [0, 0.05) is 5.41 Å². The van der Waals surface area contributed by atoms with Crippen LogP contribution in [-0.2, 0) is 14.3 Å². The summed E-state index contributed by atoms with van der Waals surface area (Å²) in [4.78, 5) is 22.3. The lowest BCUT2D eigenvalue weighted by atomic mass is 9.70. The second-order valence-electron chi connectivity index (χ2n) is 6.66. The first-order valence-corrected chi connectivity index (χ1v) is 6.96. The number of amides is 1. The molecule has 2 aliphatic carbocycles. The van der Waals surface area contributed by atoms with Crippen LogP contribution in [0.1, 0.15) is 40.0 Å². The van der Waals surface area contributed by atoms with Crippen molar-refractivity contribution in [2.24, 2.45) is 22.5 Å². The summed E-state index contributed by atoms with van der Waals surface area (Å²) in [6.45, 7) is 6.84. The fraction of sp³-hybridized carbons (Fsp3) is 0.857. The molecular weight excluding hydrogens is 244 g/mol. The Hall–Kier alpha value is -1.10. The summed E-state index contributed by atoms with van der Waals surface area (Å²) in [7, 11) is 0. The van der Waals surface area contributed by atoms with Gasteiger partial charge in [-0.1, -0.05) is 20.8 Å². The van der Waals surface area contributed by atoms with Gasteiger partial charge in [-0.15, -0.1) is 0 Å². The van der Waals surface area contributed by atoms with Crippen LogP contribution in [0.25, 0.3) is 0 Å². The van der Waals surface area contributed by atoms with Crippen LogP contribution >= 0.6 is 0 Å². The van der Waals surface area contributed by atoms with Crippen molar-refractivity contribution in [3.8, 4) is 0 Å². The third-order valence-electron chi connectivity index (χ3n) is 5.56. The molecule has 2 rings (SSSR count). The van der Waals surface area contributed by atoms with E-state index in [0.717, 1.165) is 12.8 Å². The molecule has 0 aromatic heterocycles. The van der Waals surface area contributed by atoms with Gasteiger partial charge in [-0.05, 0) is 30.6 Å². The highest BCUT2D eigenvalue weighted by Gasteiger charge is 2.62. The van der Waals surface area contributed by atoms with Crippen molar-refractivity contribution >= 4 is 11.9 Å². The Labute approximate surface area is 114 Å². The Morgan fingerprint density at radius 1 is 1.32 bits per heavy atom. The van der Waals surface area contributed by atoms with Gasteiger partial charge in [-0.2, -0.15) is 0 Å². The molecule has 0 spiro atoms. The van der Waals surface area contributed by atoms with Crippen LogP contribution in [0.5, 0.6) is 0 Å². The first-order valence-electron chi connectivity index (χ1n) is 6.96. The van der Waals surface area contributed by atoms with Crippen molar-refractivity contribution in [3.05, 3.63) is 0 Å². The van der Waals surface area contributed by atoms with E-state index < -0.39 is 5.91 Å². The zero-order valence-electron chi connectivity index (χ0n) is 12.0. The Morgan fingerprint density at radius 3 is 2.47 bits per heavy atom. The molecule has 3 N–H and O–H groups in total. The number of primary amides is 1. The summed E-state index contributed by atoms with van der Waals surface area (Å²) >= 11 is 0. The minimum Gasteiger partial charge on any atom is -0.461 e. The smallest absolute Gasteiger partial charge is 0.320 e. The number of esters is 1. The van der Waals surface area contributed by atoms with Crippen LogP contribution in [0.4, 0.5) is 0 Å². The number of carbonyl (C=O) groups is 2. The minimum absolute atomic E-state index is 0.00382. The molecule has 0 aliphatic heterocycles. The molecule has 0 heterocycles. The van der Waals surface area contributed by atoms with Crippen molar-refractivity contribution in [2.45, 2.75) is 46.1 Å². The zero-order chi connectivity index (χ0) is 14.3. The maximum Gasteiger partial charge on any atom is 0.320 e. The number of ether oxygens (including phenoxy) is 1. The van der Waals surface area contributed by atoms with E-state index in [-0.39, 0.29) is 36.0 Å². The first-order chi connectivity index (χ1) is 8.77. The predicted molar refractivity (Wildman–Crippen MR) is 71.2 cm³/mol. The standard InChI is InChI=1S/C14H24N2O3/c1-13(2)9-4-5-14(13,3)10(6-9)19-12(18)8-16-7-11(15)17/h9-10,16H,4-8H2,1-3H3,(H2,15,17). The highest BCUT2D eigenvalue weighted by Crippen LogP contribution is 2.66. The fourth-order valence-corrected chi connectivity index (χ4v) is 3.80. The maximum absolute atomic E-state index is 11.8. The number of carbonyl (C=O) groups excluding carboxylic acids is 2. The van der Waals surface area contributed by atoms with Crippen molar-refractivity contribution in [3.63, 3.8) is 0 Å². The highest BCUT2D eigenvalue weighted by molar-refractivity contribution is 5.77. The van der Waals surface area contributed by atoms with Crippen LogP contribution in [0.15, 0.2) is 0 Å². The van der Waals surface area contributed by atoms with Gasteiger partial charge >= 0.3 is 5.97 Å². The van der Waals surface area contributed by atoms with Gasteiger partial charge in [0.2, 0.25) is 5.91 Å². The highest BCUT2D eigenvalue weighted by atomic mass is 16.5. The Bertz CT molecular complexity index is 394. The van der Waals surface area contributed by atoms with Crippen molar-refractivity contribution in [1.82, 2.24) is 5.32 Å². The van der Waals surface area contributed by atoms with E-state index in [0.29, 0.717) is 5.92 Å². The van der Waals surface area contributed by atoms with Gasteiger partial charge in [0.15, 0.2) is 0 Å². The number of hydrogen-bond donors (Lipinski definition) is 2. The summed E-state index contributed by atoms with van der Waals surface area (Å²) in [5.41, 5.74) is 5.31. The lowest BCUT2D eigenvalue weighted by Gasteiger charge is -2.38. The number of nitrogens with one attached hydrogen (secondary N) is 1. The molecule has 19 heavy (non-hydrogen) atoms. The van der Waals surface area contributed by atoms with Gasteiger partial charge < -0.3 is 10.5 Å². The molecule has 2 bridgehead atoms. The minimum atomic E-state index is -0.471. The van der Waals surface area contributed by atoms with E-state index in [1.165, 1.54) is 6.42 Å². The summed E-state index contributed by atoms with van der Waals surface area (Å²) in [6.07, 6.45) is 3.32. The molecule has 5 nitrogen and oxygen atoms in total. The van der Waals surface area contributed by atoms with Gasteiger partial charge in [-0.25, -0.2) is 0 Å². The number of rotatable bonds is 5. The van der Waals surface area contributed by atoms with E-state index in [9.17, 15) is 9.59 Å². The van der Waals surface area contributed by atoms with Crippen LogP contribution in [0.2, 0.25) is 0 Å². The van der Waals surface area contributed by atoms with Crippen LogP contribution in [0.3, 0.4) is 0 Å². The lowest BCUT2D eigenvalue weighted by Crippen LogP contribution is -2.40. The normalized spacial score (nSPS) is 35.3. The van der Waals surface area contributed by atoms with E-state index in [1.54, 1.807) is 0 Å². The molecule has 2 aliphatic rings. The Balaban J connectivity index is 1.88. The van der Waals surface area contributed by atoms with Gasteiger partial charge in [-0.3, -0.25) is 14.9 Å². The summed E-state index contributed by atoms with van der Waals surface area (Å²) in [5, 5.41) is 2.69. The largest absolute Gasteiger partial charge is 0.461 e. The SMILES string of the molecule is CC1(C)C2CCC1(C)C(OC(=O)CNCC(N)=O)C2. The van der Waals surface area contributed by atoms with Gasteiger partial charge in [0.25, 0.3) is 0 Å². The quantitative estimate of drug-likeness (QED) is 0.723. The molecule has 5 heteroatoms. The van der Waals surface area contributed by atoms with Crippen LogP contribution < -0.4 is 11.1 Å². The van der Waals surface area contributed by atoms with Crippen molar-refractivity contribution in [2.75, 3.05) is 13.1 Å². The van der Waals surface area contributed by atoms with Crippen molar-refractivity contribution < 1.29 is 14.3 Å². The van der Waals surface area contributed by atoms with Crippen LogP contribution in [0, 0.1) is 16.7 Å². The second kappa shape index (κ2) is 4.78. The molecule has 0 radical (unpaired) electrons. The lowest BCUT2D eigenvalue weighted by molar-refractivity contribution is -0.155. The number of nitrogens with two attached hydrogens (primary N) is 1. The summed E-state index contributed by atoms with van der Waals surface area (Å²) in [5.74, 6) is -0.120. The van der Waals surface area contributed by atoms with Gasteiger partial charge in [0.1, 0.15) is 6.10 Å². The van der Waals surface area contributed by atoms with E-state index in [2.05, 4.69) is 26.1 Å². The maximum atomic E-state index is 11.8. The number of fused-ring (bicyclic) bond motifs is 2. The second-order valence-corrected chi connectivity index (χ2v) is 6.66. The van der Waals surface area contributed by atoms with E-state index >= 15 is 0 Å². The topological polar surface area (TPSA) is 81.4 Å². The Kier molecular flexibility index (Phi) is 3.60. The molecule has 0 aromatic rings. The third kappa shape index (κ3) is 2.36. The molecule has 3 atom stereocenters. The van der Waals surface area contributed by atoms with E-state index in [1.807, 2.05) is 0 Å². The molecule has 0 saturated heterocycles. The predicted octanol–water partition coefficient (Wildman–Crippen LogP) is 0.819. The molecule has 2 saturated carbocycles. The molecule has 3 unspecified atom stereocenters. The molecule has 2 fully saturated rings. The number of hydrogen-bond acceptors (Lipinski definition) is 4. The third-order valence-corrected chi connectivity index (χ3v) is 5.56. The first kappa shape index (κ1) is 14.3. The molecule has 0 aromatic carbocycles. The molecule has 1 amide bonds. The molecule has 108 valence electrons. The van der Waals surface area contributed by atoms with Crippen LogP contribution in [-0.4, -0.2) is 31.1 Å². The monoisotopic (exact) mass is 268 g/mol. The average molecular weight is 268 g/mol. The fourth-order valence-electron chi connectivity index (χ4n) is 3.80. The summed E-state index contributed by atoms with van der Waals surface area (Å²) in [6, 6.07) is 0. The zero-order valence-corrected chi connectivity index (χ0v) is 12.0. The van der Waals surface area contributed by atoms with Crippen molar-refractivity contribution in [1.29, 1.82) is 0 Å².